The van der Waals surface area contributed by atoms with E-state index >= 15 is 0 Å². The fourth-order valence-corrected chi connectivity index (χ4v) is 4.33. The number of fused-ring (bicyclic) bond motifs is 1. The zero-order valence-electron chi connectivity index (χ0n) is 18.3. The van der Waals surface area contributed by atoms with Gasteiger partial charge in [0, 0.05) is 38.9 Å². The molecule has 4 rings (SSSR count). The molecule has 0 aliphatic carbocycles. The fraction of sp³-hybridized carbons (Fsp3) is 0.409. The van der Waals surface area contributed by atoms with Crippen molar-refractivity contribution < 1.29 is 9.53 Å². The molecule has 1 fully saturated rings. The van der Waals surface area contributed by atoms with Gasteiger partial charge in [0.25, 0.3) is 5.91 Å². The molecule has 4 N–H and O–H groups in total. The highest BCUT2D eigenvalue weighted by Crippen LogP contribution is 2.28. The number of aromatic nitrogens is 4. The van der Waals surface area contributed by atoms with Crippen LogP contribution in [0.25, 0.3) is 11.0 Å². The Kier molecular flexibility index (Phi) is 6.37. The van der Waals surface area contributed by atoms with Gasteiger partial charge in [-0.25, -0.2) is 9.67 Å². The van der Waals surface area contributed by atoms with Gasteiger partial charge in [0.05, 0.1) is 35.0 Å². The summed E-state index contributed by atoms with van der Waals surface area (Å²) in [6.07, 6.45) is 2.59. The quantitative estimate of drug-likeness (QED) is 0.490. The van der Waals surface area contributed by atoms with E-state index in [-0.39, 0.29) is 17.6 Å². The Morgan fingerprint density at radius 3 is 2.94 bits per heavy atom. The molecule has 2 aromatic heterocycles. The number of amides is 1. The summed E-state index contributed by atoms with van der Waals surface area (Å²) in [4.78, 5) is 16.7. The van der Waals surface area contributed by atoms with Gasteiger partial charge in [-0.2, -0.15) is 5.10 Å². The highest BCUT2D eigenvalue weighted by atomic mass is 35.5. The minimum atomic E-state index is -0.590. The van der Waals surface area contributed by atoms with Crippen molar-refractivity contribution >= 4 is 34.4 Å². The second kappa shape index (κ2) is 9.20. The van der Waals surface area contributed by atoms with Crippen molar-refractivity contribution in [1.82, 2.24) is 24.6 Å². The predicted octanol–water partition coefficient (Wildman–Crippen LogP) is 2.00. The summed E-state index contributed by atoms with van der Waals surface area (Å²) in [6.45, 7) is 4.15. The summed E-state index contributed by atoms with van der Waals surface area (Å²) in [7, 11) is 3.41. The monoisotopic (exact) mass is 455 g/mol. The van der Waals surface area contributed by atoms with Crippen LogP contribution in [0, 0.1) is 11.8 Å². The third-order valence-electron chi connectivity index (χ3n) is 5.67. The molecule has 1 amide bonds. The minimum absolute atomic E-state index is 0.0456. The van der Waals surface area contributed by atoms with E-state index in [1.54, 1.807) is 25.2 Å². The number of nitrogens with zero attached hydrogens (tertiary/aromatic N) is 4. The summed E-state index contributed by atoms with van der Waals surface area (Å²) >= 11 is 6.48. The maximum Gasteiger partial charge on any atom is 0.255 e. The topological polar surface area (TPSA) is 112 Å². The molecule has 1 aromatic carbocycles. The van der Waals surface area contributed by atoms with Crippen molar-refractivity contribution in [2.45, 2.75) is 32.0 Å². The molecule has 0 radical (unpaired) electrons. The number of imidazole rings is 1. The van der Waals surface area contributed by atoms with Crippen molar-refractivity contribution in [2.24, 2.45) is 5.73 Å². The van der Waals surface area contributed by atoms with E-state index in [1.807, 2.05) is 23.6 Å². The lowest BCUT2D eigenvalue weighted by Gasteiger charge is -2.14. The summed E-state index contributed by atoms with van der Waals surface area (Å²) in [5.74, 6) is 6.02. The number of methoxy groups -OCH3 is 1. The number of anilines is 1. The Morgan fingerprint density at radius 1 is 1.44 bits per heavy atom. The number of nitrogens with two attached hydrogens (primary N) is 1. The fourth-order valence-electron chi connectivity index (χ4n) is 4.12. The number of primary amides is 1. The van der Waals surface area contributed by atoms with Crippen LogP contribution in [0.15, 0.2) is 18.5 Å². The first-order chi connectivity index (χ1) is 15.5. The van der Waals surface area contributed by atoms with Crippen LogP contribution in [0.2, 0.25) is 5.02 Å². The van der Waals surface area contributed by atoms with Crippen molar-refractivity contribution in [3.8, 4) is 11.8 Å². The second-order valence-corrected chi connectivity index (χ2v) is 8.09. The Labute approximate surface area is 191 Å². The first-order valence-corrected chi connectivity index (χ1v) is 10.8. The van der Waals surface area contributed by atoms with Crippen LogP contribution in [0.3, 0.4) is 0 Å². The van der Waals surface area contributed by atoms with E-state index in [1.165, 1.54) is 0 Å². The predicted molar refractivity (Wildman–Crippen MR) is 124 cm³/mol. The summed E-state index contributed by atoms with van der Waals surface area (Å²) in [6, 6.07) is 3.96. The number of nitrogens with one attached hydrogen (secondary N) is 2. The van der Waals surface area contributed by atoms with Crippen LogP contribution in [0.4, 0.5) is 5.82 Å². The molecule has 0 saturated carbocycles. The molecule has 9 nitrogen and oxygen atoms in total. The molecule has 32 heavy (non-hydrogen) atoms. The number of carbonyl (C=O) groups excluding carboxylic acids is 1. The smallest absolute Gasteiger partial charge is 0.255 e. The molecule has 0 bridgehead atoms. The van der Waals surface area contributed by atoms with E-state index in [9.17, 15) is 4.79 Å². The van der Waals surface area contributed by atoms with Crippen molar-refractivity contribution in [3.05, 3.63) is 40.3 Å². The van der Waals surface area contributed by atoms with E-state index in [4.69, 9.17) is 22.1 Å². The standard InChI is InChI=1S/C22H26ClN7O2/c1-4-29-12-27-18-7-13(16(23)9-19(18)29)5-6-17-20(21(24)31)22(25-2)30(28-17)15-8-14(11-32-3)26-10-15/h7,9,12,14-15,25-26H,4,8,10-11H2,1-3H3,(H2,24,31)/t14-,15+/m1/s1. The number of rotatable bonds is 6. The average Bonchev–Trinajstić information content (AvgIpc) is 3.48. The van der Waals surface area contributed by atoms with Gasteiger partial charge in [-0.3, -0.25) is 4.79 Å². The minimum Gasteiger partial charge on any atom is -0.383 e. The molecule has 1 aliphatic heterocycles. The number of carbonyl (C=O) groups is 1. The van der Waals surface area contributed by atoms with E-state index in [0.717, 1.165) is 24.0 Å². The number of halogens is 1. The van der Waals surface area contributed by atoms with Crippen LogP contribution in [-0.4, -0.2) is 58.6 Å². The van der Waals surface area contributed by atoms with Crippen molar-refractivity contribution in [2.75, 3.05) is 32.6 Å². The molecule has 168 valence electrons. The van der Waals surface area contributed by atoms with Crippen molar-refractivity contribution in [3.63, 3.8) is 0 Å². The molecular formula is C22H26ClN7O2. The van der Waals surface area contributed by atoms with Gasteiger partial charge in [-0.15, -0.1) is 0 Å². The van der Waals surface area contributed by atoms with Crippen molar-refractivity contribution in [1.29, 1.82) is 0 Å². The van der Waals surface area contributed by atoms with Gasteiger partial charge in [-0.1, -0.05) is 17.5 Å². The molecular weight excluding hydrogens is 430 g/mol. The molecule has 3 aromatic rings. The Hall–Kier alpha value is -3.06. The Morgan fingerprint density at radius 2 is 2.25 bits per heavy atom. The van der Waals surface area contributed by atoms with Gasteiger partial charge < -0.3 is 25.7 Å². The molecule has 1 aliphatic rings. The van der Waals surface area contributed by atoms with Gasteiger partial charge >= 0.3 is 0 Å². The molecule has 3 heterocycles. The largest absolute Gasteiger partial charge is 0.383 e. The normalized spacial score (nSPS) is 18.0. The maximum atomic E-state index is 12.3. The molecule has 10 heteroatoms. The molecule has 2 atom stereocenters. The molecule has 0 unspecified atom stereocenters. The summed E-state index contributed by atoms with van der Waals surface area (Å²) in [5, 5.41) is 11.6. The number of hydrogen-bond donors (Lipinski definition) is 3. The zero-order valence-corrected chi connectivity index (χ0v) is 19.0. The lowest BCUT2D eigenvalue weighted by atomic mass is 10.1. The second-order valence-electron chi connectivity index (χ2n) is 7.68. The molecule has 1 saturated heterocycles. The maximum absolute atomic E-state index is 12.3. The van der Waals surface area contributed by atoms with E-state index < -0.39 is 5.91 Å². The Balaban J connectivity index is 1.73. The van der Waals surface area contributed by atoms with E-state index in [2.05, 4.69) is 32.6 Å². The number of benzene rings is 1. The number of hydrogen-bond acceptors (Lipinski definition) is 6. The summed E-state index contributed by atoms with van der Waals surface area (Å²) in [5.41, 5.74) is 8.63. The van der Waals surface area contributed by atoms with Gasteiger partial charge in [0.2, 0.25) is 0 Å². The van der Waals surface area contributed by atoms with Crippen LogP contribution >= 0.6 is 11.6 Å². The lowest BCUT2D eigenvalue weighted by Crippen LogP contribution is -2.25. The lowest BCUT2D eigenvalue weighted by molar-refractivity contribution is 0.100. The third kappa shape index (κ3) is 4.05. The van der Waals surface area contributed by atoms with Gasteiger partial charge in [-0.05, 0) is 31.4 Å². The SMILES string of the molecule is CCn1cnc2cc(C#Cc3nn([C@@H]4CN[C@@H](COC)C4)c(NC)c3C(N)=O)c(Cl)cc21. The Bertz CT molecular complexity index is 1220. The van der Waals surface area contributed by atoms with Gasteiger partial charge in [0.15, 0.2) is 5.69 Å². The van der Waals surface area contributed by atoms with E-state index in [0.29, 0.717) is 35.2 Å². The number of aryl methyl sites for hydroxylation is 1. The average molecular weight is 456 g/mol. The third-order valence-corrected chi connectivity index (χ3v) is 5.98. The van der Waals surface area contributed by atoms with Crippen LogP contribution in [-0.2, 0) is 11.3 Å². The zero-order chi connectivity index (χ0) is 22.8. The number of ether oxygens (including phenoxy) is 1. The first kappa shape index (κ1) is 22.1. The summed E-state index contributed by atoms with van der Waals surface area (Å²) < 4.78 is 9.05. The highest BCUT2D eigenvalue weighted by molar-refractivity contribution is 6.32. The van der Waals surface area contributed by atoms with Crippen LogP contribution in [0.5, 0.6) is 0 Å². The van der Waals surface area contributed by atoms with Crippen LogP contribution < -0.4 is 16.4 Å². The highest BCUT2D eigenvalue weighted by Gasteiger charge is 2.30. The molecule has 0 spiro atoms. The van der Waals surface area contributed by atoms with Gasteiger partial charge in [0.1, 0.15) is 11.4 Å². The van der Waals surface area contributed by atoms with Crippen LogP contribution in [0.1, 0.15) is 41.0 Å². The first-order valence-electron chi connectivity index (χ1n) is 10.5.